The van der Waals surface area contributed by atoms with Crippen molar-refractivity contribution >= 4 is 27.6 Å². The van der Waals surface area contributed by atoms with Crippen LogP contribution >= 0.6 is 0 Å². The van der Waals surface area contributed by atoms with Gasteiger partial charge in [-0.15, -0.1) is 0 Å². The van der Waals surface area contributed by atoms with Crippen LogP contribution in [0.5, 0.6) is 0 Å². The normalized spacial score (nSPS) is 17.2. The van der Waals surface area contributed by atoms with E-state index in [4.69, 9.17) is 4.74 Å². The number of carbonyl (C=O) groups is 2. The van der Waals surface area contributed by atoms with Crippen LogP contribution in [0.25, 0.3) is 0 Å². The highest BCUT2D eigenvalue weighted by atomic mass is 32.2. The Morgan fingerprint density at radius 2 is 1.74 bits per heavy atom. The molecule has 7 nitrogen and oxygen atoms in total. The molecular weight excluding hydrogens is 416 g/mol. The van der Waals surface area contributed by atoms with E-state index in [9.17, 15) is 18.0 Å². The Balaban J connectivity index is 1.67. The summed E-state index contributed by atoms with van der Waals surface area (Å²) >= 11 is 0. The Bertz CT molecular complexity index is 1020. The first-order valence-electron chi connectivity index (χ1n) is 10.5. The first kappa shape index (κ1) is 23.0. The molecule has 0 radical (unpaired) electrons. The molecule has 1 N–H and O–H groups in total. The van der Waals surface area contributed by atoms with Crippen LogP contribution in [0.1, 0.15) is 48.5 Å². The number of esters is 1. The van der Waals surface area contributed by atoms with Gasteiger partial charge in [-0.1, -0.05) is 24.1 Å². The fourth-order valence-electron chi connectivity index (χ4n) is 3.67. The number of rotatable bonds is 7. The van der Waals surface area contributed by atoms with Gasteiger partial charge in [0.1, 0.15) is 0 Å². The lowest BCUT2D eigenvalue weighted by molar-refractivity contribution is -0.117. The molecule has 0 aliphatic carbocycles. The van der Waals surface area contributed by atoms with E-state index in [1.807, 2.05) is 6.92 Å². The third-order valence-corrected chi connectivity index (χ3v) is 7.27. The van der Waals surface area contributed by atoms with Crippen molar-refractivity contribution in [1.82, 2.24) is 4.31 Å². The average molecular weight is 445 g/mol. The number of hydrogen-bond donors (Lipinski definition) is 1. The van der Waals surface area contributed by atoms with E-state index in [1.165, 1.54) is 4.31 Å². The SMILES string of the molecule is CCOC(=O)c1ccc(NC(=O)C[C@@H]2CCCCN2S(=O)(=O)c2ccc(C)cc2)cc1. The van der Waals surface area contributed by atoms with E-state index < -0.39 is 16.0 Å². The molecule has 2 aromatic carbocycles. The molecule has 3 rings (SSSR count). The van der Waals surface area contributed by atoms with E-state index in [1.54, 1.807) is 55.5 Å². The van der Waals surface area contributed by atoms with Crippen LogP contribution in [0.2, 0.25) is 0 Å². The molecule has 1 aliphatic heterocycles. The summed E-state index contributed by atoms with van der Waals surface area (Å²) in [4.78, 5) is 24.6. The number of nitrogens with zero attached hydrogens (tertiary/aromatic N) is 1. The Morgan fingerprint density at radius 1 is 1.06 bits per heavy atom. The number of aryl methyl sites for hydroxylation is 1. The lowest BCUT2D eigenvalue weighted by atomic mass is 10.0. The largest absolute Gasteiger partial charge is 0.462 e. The van der Waals surface area contributed by atoms with Crippen molar-refractivity contribution in [2.75, 3.05) is 18.5 Å². The van der Waals surface area contributed by atoms with Crippen LogP contribution in [0.15, 0.2) is 53.4 Å². The topological polar surface area (TPSA) is 92.8 Å². The van der Waals surface area contributed by atoms with E-state index in [0.29, 0.717) is 30.8 Å². The quantitative estimate of drug-likeness (QED) is 0.657. The number of hydrogen-bond acceptors (Lipinski definition) is 5. The van der Waals surface area contributed by atoms with Gasteiger partial charge >= 0.3 is 5.97 Å². The van der Waals surface area contributed by atoms with Crippen molar-refractivity contribution in [3.05, 3.63) is 59.7 Å². The highest BCUT2D eigenvalue weighted by molar-refractivity contribution is 7.89. The smallest absolute Gasteiger partial charge is 0.338 e. The molecule has 0 saturated carbocycles. The molecule has 0 unspecified atom stereocenters. The highest BCUT2D eigenvalue weighted by Gasteiger charge is 2.34. The summed E-state index contributed by atoms with van der Waals surface area (Å²) in [6, 6.07) is 12.8. The minimum Gasteiger partial charge on any atom is -0.462 e. The van der Waals surface area contributed by atoms with Crippen LogP contribution in [0, 0.1) is 6.92 Å². The van der Waals surface area contributed by atoms with E-state index in [2.05, 4.69) is 5.32 Å². The minimum absolute atomic E-state index is 0.0741. The maximum atomic E-state index is 13.2. The molecule has 1 saturated heterocycles. The fraction of sp³-hybridized carbons (Fsp3) is 0.391. The van der Waals surface area contributed by atoms with Gasteiger partial charge in [-0.25, -0.2) is 13.2 Å². The van der Waals surface area contributed by atoms with Crippen molar-refractivity contribution in [3.8, 4) is 0 Å². The number of piperidine rings is 1. The standard InChI is InChI=1S/C23H28N2O5S/c1-3-30-23(27)18-9-11-19(12-10-18)24-22(26)16-20-6-4-5-15-25(20)31(28,29)21-13-7-17(2)8-14-21/h7-14,20H,3-6,15-16H2,1-2H3,(H,24,26)/t20-/m0/s1. The van der Waals surface area contributed by atoms with E-state index in [0.717, 1.165) is 18.4 Å². The number of ether oxygens (including phenoxy) is 1. The second-order valence-corrected chi connectivity index (χ2v) is 9.52. The number of amides is 1. The van der Waals surface area contributed by atoms with Crippen molar-refractivity contribution < 1.29 is 22.7 Å². The maximum Gasteiger partial charge on any atom is 0.338 e. The fourth-order valence-corrected chi connectivity index (χ4v) is 5.36. The average Bonchev–Trinajstić information content (AvgIpc) is 2.75. The number of carbonyl (C=O) groups excluding carboxylic acids is 2. The third-order valence-electron chi connectivity index (χ3n) is 5.30. The second kappa shape index (κ2) is 10.1. The number of anilines is 1. The molecule has 2 aromatic rings. The van der Waals surface area contributed by atoms with Gasteiger partial charge in [0.05, 0.1) is 17.1 Å². The summed E-state index contributed by atoms with van der Waals surface area (Å²) in [6.07, 6.45) is 2.37. The maximum absolute atomic E-state index is 13.2. The van der Waals surface area contributed by atoms with Gasteiger partial charge in [0.2, 0.25) is 15.9 Å². The molecule has 8 heteroatoms. The highest BCUT2D eigenvalue weighted by Crippen LogP contribution is 2.27. The van der Waals surface area contributed by atoms with Gasteiger partial charge in [-0.3, -0.25) is 4.79 Å². The number of nitrogens with one attached hydrogen (secondary N) is 1. The zero-order valence-corrected chi connectivity index (χ0v) is 18.7. The van der Waals surface area contributed by atoms with E-state index >= 15 is 0 Å². The monoisotopic (exact) mass is 444 g/mol. The number of benzene rings is 2. The zero-order valence-electron chi connectivity index (χ0n) is 17.8. The minimum atomic E-state index is -3.67. The molecule has 1 aliphatic rings. The molecule has 0 spiro atoms. The summed E-state index contributed by atoms with van der Waals surface area (Å²) in [6.45, 7) is 4.34. The van der Waals surface area contributed by atoms with E-state index in [-0.39, 0.29) is 23.3 Å². The summed E-state index contributed by atoms with van der Waals surface area (Å²) in [7, 11) is -3.67. The molecule has 1 fully saturated rings. The molecule has 1 heterocycles. The van der Waals surface area contributed by atoms with Crippen LogP contribution in [-0.2, 0) is 19.6 Å². The summed E-state index contributed by atoms with van der Waals surface area (Å²) in [5, 5.41) is 2.79. The molecule has 31 heavy (non-hydrogen) atoms. The van der Waals surface area contributed by atoms with Gasteiger partial charge in [0.15, 0.2) is 0 Å². The van der Waals surface area contributed by atoms with Crippen molar-refractivity contribution in [2.45, 2.75) is 50.5 Å². The zero-order chi connectivity index (χ0) is 22.4. The van der Waals surface area contributed by atoms with Crippen molar-refractivity contribution in [2.24, 2.45) is 0 Å². The predicted octanol–water partition coefficient (Wildman–Crippen LogP) is 3.74. The van der Waals surface area contributed by atoms with Gasteiger partial charge in [0, 0.05) is 24.7 Å². The Morgan fingerprint density at radius 3 is 2.39 bits per heavy atom. The van der Waals surface area contributed by atoms with Crippen LogP contribution in [0.4, 0.5) is 5.69 Å². The van der Waals surface area contributed by atoms with Crippen molar-refractivity contribution in [1.29, 1.82) is 0 Å². The molecule has 1 atom stereocenters. The third kappa shape index (κ3) is 5.71. The molecule has 0 aromatic heterocycles. The predicted molar refractivity (Wildman–Crippen MR) is 118 cm³/mol. The Hall–Kier alpha value is -2.71. The van der Waals surface area contributed by atoms with Gasteiger partial charge in [0.25, 0.3) is 0 Å². The Kier molecular flexibility index (Phi) is 7.46. The molecular formula is C23H28N2O5S. The first-order valence-corrected chi connectivity index (χ1v) is 11.9. The first-order chi connectivity index (χ1) is 14.8. The van der Waals surface area contributed by atoms with Crippen LogP contribution in [-0.4, -0.2) is 43.8 Å². The molecule has 166 valence electrons. The molecule has 0 bridgehead atoms. The Labute approximate surface area is 183 Å². The van der Waals surface area contributed by atoms with Gasteiger partial charge in [-0.05, 0) is 63.1 Å². The van der Waals surface area contributed by atoms with Gasteiger partial charge in [-0.2, -0.15) is 4.31 Å². The summed E-state index contributed by atoms with van der Waals surface area (Å²) in [5.41, 5.74) is 1.94. The van der Waals surface area contributed by atoms with Crippen molar-refractivity contribution in [3.63, 3.8) is 0 Å². The summed E-state index contributed by atoms with van der Waals surface area (Å²) < 4.78 is 32.7. The summed E-state index contributed by atoms with van der Waals surface area (Å²) in [5.74, 6) is -0.681. The lowest BCUT2D eigenvalue weighted by Crippen LogP contribution is -2.45. The second-order valence-electron chi connectivity index (χ2n) is 7.63. The number of sulfonamides is 1. The lowest BCUT2D eigenvalue weighted by Gasteiger charge is -2.34. The van der Waals surface area contributed by atoms with Gasteiger partial charge < -0.3 is 10.1 Å². The van der Waals surface area contributed by atoms with Crippen LogP contribution < -0.4 is 5.32 Å². The van der Waals surface area contributed by atoms with Crippen LogP contribution in [0.3, 0.4) is 0 Å². The molecule has 1 amide bonds.